The molecular formula is C19H16N2O4S. The lowest BCUT2D eigenvalue weighted by molar-refractivity contribution is -0.133. The van der Waals surface area contributed by atoms with E-state index in [0.717, 1.165) is 10.6 Å². The van der Waals surface area contributed by atoms with Gasteiger partial charge in [0.1, 0.15) is 11.3 Å². The number of esters is 1. The monoisotopic (exact) mass is 368 g/mol. The molecule has 0 atom stereocenters. The summed E-state index contributed by atoms with van der Waals surface area (Å²) >= 11 is 1.32. The third kappa shape index (κ3) is 3.89. The summed E-state index contributed by atoms with van der Waals surface area (Å²) in [6.45, 7) is 0. The molecule has 26 heavy (non-hydrogen) atoms. The highest BCUT2D eigenvalue weighted by molar-refractivity contribution is 7.16. The average molecular weight is 368 g/mol. The summed E-state index contributed by atoms with van der Waals surface area (Å²) in [5.74, 6) is -0.0675. The summed E-state index contributed by atoms with van der Waals surface area (Å²) in [5, 5.41) is 9.36. The zero-order valence-corrected chi connectivity index (χ0v) is 15.0. The van der Waals surface area contributed by atoms with Crippen molar-refractivity contribution in [3.63, 3.8) is 0 Å². The molecule has 7 heteroatoms. The number of aromatic nitrogens is 2. The second kappa shape index (κ2) is 8.26. The number of methoxy groups -OCH3 is 2. The van der Waals surface area contributed by atoms with Gasteiger partial charge in [0, 0.05) is 11.1 Å². The number of ether oxygens (including phenoxy) is 3. The van der Waals surface area contributed by atoms with Gasteiger partial charge in [0.25, 0.3) is 5.19 Å². The first-order valence-electron chi connectivity index (χ1n) is 7.70. The van der Waals surface area contributed by atoms with Crippen molar-refractivity contribution in [3.8, 4) is 21.5 Å². The highest BCUT2D eigenvalue weighted by Gasteiger charge is 2.19. The van der Waals surface area contributed by atoms with Gasteiger partial charge in [-0.2, -0.15) is 0 Å². The van der Waals surface area contributed by atoms with Crippen LogP contribution in [0.3, 0.4) is 0 Å². The number of carbonyl (C=O) groups excluding carboxylic acids is 1. The average Bonchev–Trinajstić information content (AvgIpc) is 3.15. The van der Waals surface area contributed by atoms with Crippen LogP contribution in [-0.4, -0.2) is 30.4 Å². The minimum absolute atomic E-state index is 0.249. The molecule has 1 aromatic heterocycles. The lowest BCUT2D eigenvalue weighted by atomic mass is 10.1. The Labute approximate surface area is 154 Å². The number of carbonyl (C=O) groups is 1. The minimum atomic E-state index is -0.523. The first-order chi connectivity index (χ1) is 12.7. The SMILES string of the molecule is CO/C=C(\C(=O)OC)c1ccccc1Oc1nnc(-c2ccccc2)s1. The van der Waals surface area contributed by atoms with Crippen LogP contribution in [0.4, 0.5) is 0 Å². The quantitative estimate of drug-likeness (QED) is 0.370. The third-order valence-electron chi connectivity index (χ3n) is 3.44. The van der Waals surface area contributed by atoms with E-state index in [2.05, 4.69) is 10.2 Å². The van der Waals surface area contributed by atoms with Gasteiger partial charge in [-0.25, -0.2) is 4.79 Å². The van der Waals surface area contributed by atoms with Crippen LogP contribution < -0.4 is 4.74 Å². The van der Waals surface area contributed by atoms with Crippen LogP contribution in [0.15, 0.2) is 60.9 Å². The zero-order chi connectivity index (χ0) is 18.4. The standard InChI is InChI=1S/C19H16N2O4S/c1-23-12-15(18(22)24-2)14-10-6-7-11-16(14)25-19-21-20-17(26-19)13-8-4-3-5-9-13/h3-12H,1-2H3/b15-12-. The highest BCUT2D eigenvalue weighted by Crippen LogP contribution is 2.34. The van der Waals surface area contributed by atoms with Crippen LogP contribution in [0.25, 0.3) is 16.1 Å². The van der Waals surface area contributed by atoms with Crippen molar-refractivity contribution in [2.75, 3.05) is 14.2 Å². The Morgan fingerprint density at radius 2 is 1.73 bits per heavy atom. The number of benzene rings is 2. The van der Waals surface area contributed by atoms with Gasteiger partial charge >= 0.3 is 5.97 Å². The molecule has 0 saturated carbocycles. The first-order valence-corrected chi connectivity index (χ1v) is 8.52. The number of hydrogen-bond donors (Lipinski definition) is 0. The maximum absolute atomic E-state index is 12.0. The van der Waals surface area contributed by atoms with Crippen molar-refractivity contribution < 1.29 is 19.0 Å². The summed E-state index contributed by atoms with van der Waals surface area (Å²) in [4.78, 5) is 12.0. The van der Waals surface area contributed by atoms with Crippen LogP contribution in [0.1, 0.15) is 5.56 Å². The van der Waals surface area contributed by atoms with Crippen LogP contribution in [-0.2, 0) is 14.3 Å². The summed E-state index contributed by atoms with van der Waals surface area (Å²) in [6.07, 6.45) is 1.32. The highest BCUT2D eigenvalue weighted by atomic mass is 32.1. The molecule has 6 nitrogen and oxygen atoms in total. The van der Waals surface area contributed by atoms with Crippen molar-refractivity contribution >= 4 is 22.9 Å². The number of rotatable bonds is 6. The second-order valence-corrected chi connectivity index (χ2v) is 6.04. The zero-order valence-electron chi connectivity index (χ0n) is 14.2. The molecule has 0 fully saturated rings. The maximum Gasteiger partial charge on any atom is 0.341 e. The van der Waals surface area contributed by atoms with Crippen molar-refractivity contribution in [1.29, 1.82) is 0 Å². The van der Waals surface area contributed by atoms with Gasteiger partial charge in [-0.3, -0.25) is 0 Å². The molecule has 0 unspecified atom stereocenters. The molecule has 0 saturated heterocycles. The van der Waals surface area contributed by atoms with Gasteiger partial charge in [0.2, 0.25) is 0 Å². The molecule has 0 N–H and O–H groups in total. The number of nitrogens with zero attached hydrogens (tertiary/aromatic N) is 2. The molecule has 0 aliphatic rings. The van der Waals surface area contributed by atoms with Crippen LogP contribution in [0, 0.1) is 0 Å². The number of hydrogen-bond acceptors (Lipinski definition) is 7. The predicted molar refractivity (Wildman–Crippen MR) is 98.9 cm³/mol. The van der Waals surface area contributed by atoms with Crippen LogP contribution in [0.2, 0.25) is 0 Å². The summed E-state index contributed by atoms with van der Waals surface area (Å²) in [7, 11) is 2.77. The minimum Gasteiger partial charge on any atom is -0.503 e. The van der Waals surface area contributed by atoms with Gasteiger partial charge in [0.15, 0.2) is 5.01 Å². The molecule has 3 aromatic rings. The lowest BCUT2D eigenvalue weighted by Gasteiger charge is -2.10. The Bertz CT molecular complexity index is 922. The Morgan fingerprint density at radius 1 is 1.00 bits per heavy atom. The molecule has 0 aliphatic heterocycles. The third-order valence-corrected chi connectivity index (χ3v) is 4.29. The predicted octanol–water partition coefficient (Wildman–Crippen LogP) is 4.16. The molecule has 0 radical (unpaired) electrons. The fraction of sp³-hybridized carbons (Fsp3) is 0.105. The molecule has 0 amide bonds. The topological polar surface area (TPSA) is 70.5 Å². The van der Waals surface area contributed by atoms with Crippen molar-refractivity contribution in [2.45, 2.75) is 0 Å². The van der Waals surface area contributed by atoms with E-state index in [0.29, 0.717) is 16.5 Å². The summed E-state index contributed by atoms with van der Waals surface area (Å²) in [6, 6.07) is 16.8. The molecule has 132 valence electrons. The lowest BCUT2D eigenvalue weighted by Crippen LogP contribution is -2.05. The van der Waals surface area contributed by atoms with E-state index in [-0.39, 0.29) is 5.57 Å². The molecule has 2 aromatic carbocycles. The molecule has 0 bridgehead atoms. The molecule has 0 aliphatic carbocycles. The Balaban J connectivity index is 1.91. The van der Waals surface area contributed by atoms with E-state index in [1.807, 2.05) is 30.3 Å². The maximum atomic E-state index is 12.0. The van der Waals surface area contributed by atoms with E-state index < -0.39 is 5.97 Å². The smallest absolute Gasteiger partial charge is 0.341 e. The largest absolute Gasteiger partial charge is 0.503 e. The summed E-state index contributed by atoms with van der Waals surface area (Å²) in [5.41, 5.74) is 1.75. The van der Waals surface area contributed by atoms with E-state index in [1.165, 1.54) is 31.8 Å². The Morgan fingerprint density at radius 3 is 2.46 bits per heavy atom. The number of para-hydroxylation sites is 1. The molecule has 3 rings (SSSR count). The van der Waals surface area contributed by atoms with E-state index >= 15 is 0 Å². The van der Waals surface area contributed by atoms with Crippen molar-refractivity contribution in [2.24, 2.45) is 0 Å². The van der Waals surface area contributed by atoms with Gasteiger partial charge in [-0.15, -0.1) is 5.10 Å². The fourth-order valence-electron chi connectivity index (χ4n) is 2.27. The van der Waals surface area contributed by atoms with Gasteiger partial charge < -0.3 is 14.2 Å². The molecular weight excluding hydrogens is 352 g/mol. The molecule has 1 heterocycles. The normalized spacial score (nSPS) is 11.1. The Hall–Kier alpha value is -3.19. The van der Waals surface area contributed by atoms with E-state index in [9.17, 15) is 4.79 Å². The molecule has 0 spiro atoms. The van der Waals surface area contributed by atoms with Gasteiger partial charge in [0.05, 0.1) is 20.5 Å². The first kappa shape index (κ1) is 17.6. The Kier molecular flexibility index (Phi) is 5.60. The van der Waals surface area contributed by atoms with E-state index in [4.69, 9.17) is 14.2 Å². The van der Waals surface area contributed by atoms with Crippen molar-refractivity contribution in [3.05, 3.63) is 66.4 Å². The fourth-order valence-corrected chi connectivity index (χ4v) is 2.98. The van der Waals surface area contributed by atoms with Crippen LogP contribution >= 0.6 is 11.3 Å². The second-order valence-electron chi connectivity index (χ2n) is 5.10. The van der Waals surface area contributed by atoms with E-state index in [1.54, 1.807) is 24.3 Å². The van der Waals surface area contributed by atoms with Crippen molar-refractivity contribution in [1.82, 2.24) is 10.2 Å². The van der Waals surface area contributed by atoms with Gasteiger partial charge in [-0.05, 0) is 6.07 Å². The van der Waals surface area contributed by atoms with Crippen LogP contribution in [0.5, 0.6) is 10.9 Å². The summed E-state index contributed by atoms with van der Waals surface area (Å²) < 4.78 is 15.7. The van der Waals surface area contributed by atoms with Gasteiger partial charge in [-0.1, -0.05) is 65.0 Å².